The molecular weight excluding hydrogens is 350 g/mol. The highest BCUT2D eigenvalue weighted by Crippen LogP contribution is 2.20. The van der Waals surface area contributed by atoms with Crippen molar-refractivity contribution in [1.29, 1.82) is 0 Å². The zero-order valence-electron chi connectivity index (χ0n) is 15.7. The third kappa shape index (κ3) is 6.04. The molecule has 8 nitrogen and oxygen atoms in total. The summed E-state index contributed by atoms with van der Waals surface area (Å²) in [7, 11) is 0. The van der Waals surface area contributed by atoms with Crippen LogP contribution in [0, 0.1) is 0 Å². The van der Waals surface area contributed by atoms with E-state index < -0.39 is 24.1 Å². The van der Waals surface area contributed by atoms with Crippen molar-refractivity contribution in [3.8, 4) is 0 Å². The Hall–Kier alpha value is -2.45. The fourth-order valence-electron chi connectivity index (χ4n) is 2.84. The molecule has 0 unspecified atom stereocenters. The van der Waals surface area contributed by atoms with E-state index in [1.165, 1.54) is 11.8 Å². The molecule has 0 saturated carbocycles. The summed E-state index contributed by atoms with van der Waals surface area (Å²) in [6, 6.07) is 5.20. The number of unbranched alkanes of at least 4 members (excludes halogenated alkanes) is 1. The Balaban J connectivity index is 2.00. The van der Waals surface area contributed by atoms with Crippen molar-refractivity contribution in [2.75, 3.05) is 18.4 Å². The Morgan fingerprint density at radius 3 is 2.59 bits per heavy atom. The van der Waals surface area contributed by atoms with E-state index >= 15 is 0 Å². The molecule has 3 N–H and O–H groups in total. The molecule has 1 heterocycles. The van der Waals surface area contributed by atoms with Crippen LogP contribution in [0.15, 0.2) is 24.3 Å². The van der Waals surface area contributed by atoms with Gasteiger partial charge < -0.3 is 20.2 Å². The molecule has 2 amide bonds. The predicted octanol–water partition coefficient (Wildman–Crippen LogP) is 2.09. The first-order valence-electron chi connectivity index (χ1n) is 9.22. The number of likely N-dealkylation sites (tertiary alicyclic amines) is 1. The summed E-state index contributed by atoms with van der Waals surface area (Å²) in [5, 5.41) is 12.6. The monoisotopic (exact) mass is 377 g/mol. The largest absolute Gasteiger partial charge is 0.393 e. The van der Waals surface area contributed by atoms with Crippen LogP contribution in [0.4, 0.5) is 10.5 Å². The number of carbonyl (C=O) groups excluding carboxylic acids is 3. The summed E-state index contributed by atoms with van der Waals surface area (Å²) >= 11 is 0. The first-order valence-corrected chi connectivity index (χ1v) is 9.22. The first kappa shape index (κ1) is 20.9. The van der Waals surface area contributed by atoms with E-state index in [1.54, 1.807) is 24.3 Å². The summed E-state index contributed by atoms with van der Waals surface area (Å²) in [4.78, 5) is 42.7. The van der Waals surface area contributed by atoms with Gasteiger partial charge >= 0.3 is 12.0 Å². The zero-order valence-corrected chi connectivity index (χ0v) is 15.7. The molecule has 1 aromatic rings. The fraction of sp³-hybridized carbons (Fsp3) is 0.526. The van der Waals surface area contributed by atoms with Crippen LogP contribution in [-0.4, -0.2) is 53.0 Å². The number of nitrogens with zero attached hydrogens (tertiary/aromatic N) is 1. The first-order chi connectivity index (χ1) is 12.9. The second kappa shape index (κ2) is 10.0. The van der Waals surface area contributed by atoms with Gasteiger partial charge in [0, 0.05) is 30.8 Å². The number of hydrogen-bond donors (Lipinski definition) is 3. The number of nitrogens with one attached hydrogen (secondary N) is 2. The molecule has 1 aliphatic rings. The molecule has 1 aromatic carbocycles. The molecule has 8 heteroatoms. The number of aliphatic hydroxyl groups excluding tert-OH is 1. The zero-order chi connectivity index (χ0) is 19.8. The van der Waals surface area contributed by atoms with Gasteiger partial charge in [0.2, 0.25) is 0 Å². The van der Waals surface area contributed by atoms with Gasteiger partial charge in [0.15, 0.2) is 5.78 Å². The Morgan fingerprint density at radius 2 is 1.96 bits per heavy atom. The molecule has 148 valence electrons. The molecule has 27 heavy (non-hydrogen) atoms. The normalized spacial score (nSPS) is 19.4. The lowest BCUT2D eigenvalue weighted by atomic mass is 10.00. The van der Waals surface area contributed by atoms with E-state index in [0.29, 0.717) is 24.2 Å². The maximum absolute atomic E-state index is 12.6. The van der Waals surface area contributed by atoms with Crippen molar-refractivity contribution in [2.24, 2.45) is 0 Å². The van der Waals surface area contributed by atoms with Crippen LogP contribution >= 0.6 is 0 Å². The van der Waals surface area contributed by atoms with Crippen LogP contribution in [0.5, 0.6) is 0 Å². The van der Waals surface area contributed by atoms with E-state index in [4.69, 9.17) is 4.84 Å². The lowest BCUT2D eigenvalue weighted by Gasteiger charge is -2.36. The minimum atomic E-state index is -0.862. The highest BCUT2D eigenvalue weighted by atomic mass is 16.7. The lowest BCUT2D eigenvalue weighted by molar-refractivity contribution is -0.159. The van der Waals surface area contributed by atoms with Crippen LogP contribution < -0.4 is 10.8 Å². The second-order valence-corrected chi connectivity index (χ2v) is 6.62. The van der Waals surface area contributed by atoms with E-state index in [0.717, 1.165) is 12.8 Å². The number of aliphatic hydroxyl groups is 1. The Bertz CT molecular complexity index is 662. The van der Waals surface area contributed by atoms with Crippen LogP contribution in [-0.2, 0) is 9.63 Å². The van der Waals surface area contributed by atoms with Gasteiger partial charge in [0.25, 0.3) is 0 Å². The smallest absolute Gasteiger partial charge is 0.347 e. The van der Waals surface area contributed by atoms with Gasteiger partial charge in [-0.05, 0) is 44.0 Å². The molecule has 1 fully saturated rings. The summed E-state index contributed by atoms with van der Waals surface area (Å²) < 4.78 is 0. The van der Waals surface area contributed by atoms with Crippen LogP contribution in [0.1, 0.15) is 49.9 Å². The fourth-order valence-corrected chi connectivity index (χ4v) is 2.84. The SMILES string of the molecule is CCCCNOC(=O)[C@@H]1C[C@H](O)CCN1C(=O)Nc1ccc(C(C)=O)cc1. The van der Waals surface area contributed by atoms with Crippen LogP contribution in [0.2, 0.25) is 0 Å². The molecular formula is C19H27N3O5. The van der Waals surface area contributed by atoms with Gasteiger partial charge in [-0.15, -0.1) is 0 Å². The van der Waals surface area contributed by atoms with Gasteiger partial charge in [-0.3, -0.25) is 4.79 Å². The number of hydroxylamine groups is 1. The van der Waals surface area contributed by atoms with Gasteiger partial charge in [0.1, 0.15) is 6.04 Å². The highest BCUT2D eigenvalue weighted by molar-refractivity contribution is 5.96. The van der Waals surface area contributed by atoms with Gasteiger partial charge in [-0.2, -0.15) is 5.48 Å². The number of carbonyl (C=O) groups is 3. The molecule has 2 atom stereocenters. The van der Waals surface area contributed by atoms with Crippen molar-refractivity contribution >= 4 is 23.5 Å². The molecule has 0 aromatic heterocycles. The second-order valence-electron chi connectivity index (χ2n) is 6.62. The Morgan fingerprint density at radius 1 is 1.26 bits per heavy atom. The number of benzene rings is 1. The number of anilines is 1. The quantitative estimate of drug-likeness (QED) is 0.381. The Kier molecular flexibility index (Phi) is 7.75. The summed E-state index contributed by atoms with van der Waals surface area (Å²) in [6.45, 7) is 4.27. The van der Waals surface area contributed by atoms with Gasteiger partial charge in [-0.25, -0.2) is 9.59 Å². The molecule has 1 aliphatic heterocycles. The van der Waals surface area contributed by atoms with Gasteiger partial charge in [0.05, 0.1) is 6.10 Å². The number of Topliss-reactive ketones (excluding diaryl/α,β-unsaturated/α-hetero) is 1. The molecule has 0 radical (unpaired) electrons. The number of piperidine rings is 1. The van der Waals surface area contributed by atoms with Gasteiger partial charge in [-0.1, -0.05) is 13.3 Å². The number of ketones is 1. The predicted molar refractivity (Wildman–Crippen MR) is 100 cm³/mol. The number of amides is 2. The topological polar surface area (TPSA) is 108 Å². The lowest BCUT2D eigenvalue weighted by Crippen LogP contribution is -2.54. The number of urea groups is 1. The average molecular weight is 377 g/mol. The van der Waals surface area contributed by atoms with E-state index in [9.17, 15) is 19.5 Å². The van der Waals surface area contributed by atoms with E-state index in [1.807, 2.05) is 6.92 Å². The molecule has 0 aliphatic carbocycles. The van der Waals surface area contributed by atoms with Crippen molar-refractivity contribution in [2.45, 2.75) is 51.7 Å². The maximum Gasteiger partial charge on any atom is 0.347 e. The number of rotatable bonds is 7. The molecule has 1 saturated heterocycles. The van der Waals surface area contributed by atoms with E-state index in [2.05, 4.69) is 10.8 Å². The number of hydrogen-bond acceptors (Lipinski definition) is 6. The summed E-state index contributed by atoms with van der Waals surface area (Å²) in [6.07, 6.45) is 1.69. The molecule has 0 bridgehead atoms. The standard InChI is InChI=1S/C19H27N3O5/c1-3-4-10-20-27-18(25)17-12-16(24)9-11-22(17)19(26)21-15-7-5-14(6-8-15)13(2)23/h5-8,16-17,20,24H,3-4,9-12H2,1-2H3,(H,21,26)/t16-,17+/m1/s1. The van der Waals surface area contributed by atoms with Crippen molar-refractivity contribution < 1.29 is 24.3 Å². The van der Waals surface area contributed by atoms with Crippen molar-refractivity contribution in [3.63, 3.8) is 0 Å². The summed E-state index contributed by atoms with van der Waals surface area (Å²) in [5.41, 5.74) is 3.67. The minimum absolute atomic E-state index is 0.0590. The van der Waals surface area contributed by atoms with Crippen LogP contribution in [0.3, 0.4) is 0 Å². The third-order valence-electron chi connectivity index (χ3n) is 4.46. The Labute approximate surface area is 158 Å². The van der Waals surface area contributed by atoms with Crippen LogP contribution in [0.25, 0.3) is 0 Å². The average Bonchev–Trinajstić information content (AvgIpc) is 2.65. The molecule has 0 spiro atoms. The minimum Gasteiger partial charge on any atom is -0.393 e. The highest BCUT2D eigenvalue weighted by Gasteiger charge is 2.37. The maximum atomic E-state index is 12.6. The van der Waals surface area contributed by atoms with Crippen molar-refractivity contribution in [1.82, 2.24) is 10.4 Å². The van der Waals surface area contributed by atoms with Crippen molar-refractivity contribution in [3.05, 3.63) is 29.8 Å². The third-order valence-corrected chi connectivity index (χ3v) is 4.46. The van der Waals surface area contributed by atoms with E-state index in [-0.39, 0.29) is 18.7 Å². The molecule has 2 rings (SSSR count). The summed E-state index contributed by atoms with van der Waals surface area (Å²) in [5.74, 6) is -0.650.